The minimum absolute atomic E-state index is 0.163. The van der Waals surface area contributed by atoms with Crippen LogP contribution in [0.4, 0.5) is 0 Å². The number of likely N-dealkylation sites (N-methyl/N-ethyl adjacent to an activating group) is 1. The highest BCUT2D eigenvalue weighted by Gasteiger charge is 2.39. The van der Waals surface area contributed by atoms with Gasteiger partial charge in [0.15, 0.2) is 0 Å². The summed E-state index contributed by atoms with van der Waals surface area (Å²) in [5.74, 6) is 2.30. The predicted octanol–water partition coefficient (Wildman–Crippen LogP) is 3.25. The van der Waals surface area contributed by atoms with E-state index in [1.807, 2.05) is 25.2 Å². The van der Waals surface area contributed by atoms with Crippen molar-refractivity contribution in [2.75, 3.05) is 21.3 Å². The summed E-state index contributed by atoms with van der Waals surface area (Å²) < 4.78 is 16.9. The Bertz CT molecular complexity index is 451. The third-order valence-corrected chi connectivity index (χ3v) is 4.45. The van der Waals surface area contributed by atoms with E-state index in [2.05, 4.69) is 19.2 Å². The Morgan fingerprint density at radius 3 is 2.14 bits per heavy atom. The van der Waals surface area contributed by atoms with Gasteiger partial charge in [0.05, 0.1) is 14.2 Å². The van der Waals surface area contributed by atoms with E-state index in [0.29, 0.717) is 6.04 Å². The molecule has 2 rings (SSSR count). The van der Waals surface area contributed by atoms with Gasteiger partial charge in [-0.25, -0.2) is 0 Å². The van der Waals surface area contributed by atoms with E-state index in [4.69, 9.17) is 14.2 Å². The molecule has 21 heavy (non-hydrogen) atoms. The van der Waals surface area contributed by atoms with Crippen molar-refractivity contribution in [1.82, 2.24) is 5.32 Å². The average molecular weight is 293 g/mol. The lowest BCUT2D eigenvalue weighted by Crippen LogP contribution is -2.53. The molecule has 1 aliphatic rings. The Kier molecular flexibility index (Phi) is 4.99. The van der Waals surface area contributed by atoms with Crippen LogP contribution in [0.1, 0.15) is 33.1 Å². The topological polar surface area (TPSA) is 39.7 Å². The van der Waals surface area contributed by atoms with E-state index in [1.54, 1.807) is 14.2 Å². The molecule has 0 saturated heterocycles. The summed E-state index contributed by atoms with van der Waals surface area (Å²) in [6.45, 7) is 4.60. The molecule has 4 heteroatoms. The maximum absolute atomic E-state index is 6.26. The molecule has 0 heterocycles. The Hall–Kier alpha value is -1.42. The second-order valence-corrected chi connectivity index (χ2v) is 6.35. The van der Waals surface area contributed by atoms with E-state index in [9.17, 15) is 0 Å². The van der Waals surface area contributed by atoms with Gasteiger partial charge in [-0.1, -0.05) is 13.8 Å². The van der Waals surface area contributed by atoms with Crippen molar-refractivity contribution in [2.45, 2.75) is 45.3 Å². The first-order valence-electron chi connectivity index (χ1n) is 7.57. The number of ether oxygens (including phenoxy) is 3. The van der Waals surface area contributed by atoms with Crippen molar-refractivity contribution >= 4 is 0 Å². The lowest BCUT2D eigenvalue weighted by Gasteiger charge is -2.43. The molecule has 1 aliphatic carbocycles. The van der Waals surface area contributed by atoms with Gasteiger partial charge in [-0.05, 0) is 31.7 Å². The summed E-state index contributed by atoms with van der Waals surface area (Å²) >= 11 is 0. The smallest absolute Gasteiger partial charge is 0.127 e. The molecule has 2 atom stereocenters. The second kappa shape index (κ2) is 6.56. The third-order valence-electron chi connectivity index (χ3n) is 4.45. The van der Waals surface area contributed by atoms with Crippen LogP contribution in [0.15, 0.2) is 18.2 Å². The quantitative estimate of drug-likeness (QED) is 0.904. The highest BCUT2D eigenvalue weighted by atomic mass is 16.5. The molecule has 0 radical (unpaired) electrons. The highest BCUT2D eigenvalue weighted by molar-refractivity contribution is 5.42. The third kappa shape index (κ3) is 3.62. The van der Waals surface area contributed by atoms with Gasteiger partial charge < -0.3 is 19.5 Å². The minimum atomic E-state index is 0.163. The van der Waals surface area contributed by atoms with Crippen molar-refractivity contribution in [1.29, 1.82) is 0 Å². The first kappa shape index (κ1) is 16.0. The van der Waals surface area contributed by atoms with Gasteiger partial charge >= 0.3 is 0 Å². The molecular formula is C17H27NO3. The van der Waals surface area contributed by atoms with Crippen molar-refractivity contribution < 1.29 is 14.2 Å². The molecule has 1 N–H and O–H groups in total. The Labute approximate surface area is 127 Å². The highest BCUT2D eigenvalue weighted by Crippen LogP contribution is 2.38. The molecule has 0 aromatic heterocycles. The Morgan fingerprint density at radius 2 is 1.62 bits per heavy atom. The SMILES string of the molecule is CNC1C(Oc2cc(OC)cc(OC)c2)CCCC1(C)C. The summed E-state index contributed by atoms with van der Waals surface area (Å²) in [4.78, 5) is 0. The molecule has 1 fully saturated rings. The molecular weight excluding hydrogens is 266 g/mol. The number of benzene rings is 1. The monoisotopic (exact) mass is 293 g/mol. The van der Waals surface area contributed by atoms with E-state index in [1.165, 1.54) is 12.8 Å². The summed E-state index contributed by atoms with van der Waals surface area (Å²) in [6.07, 6.45) is 3.64. The first-order valence-corrected chi connectivity index (χ1v) is 7.57. The van der Waals surface area contributed by atoms with Crippen LogP contribution in [0, 0.1) is 5.41 Å². The van der Waals surface area contributed by atoms with Crippen LogP contribution in [0.5, 0.6) is 17.2 Å². The lowest BCUT2D eigenvalue weighted by atomic mass is 9.72. The number of hydrogen-bond acceptors (Lipinski definition) is 4. The van der Waals surface area contributed by atoms with Crippen LogP contribution < -0.4 is 19.5 Å². The summed E-state index contributed by atoms with van der Waals surface area (Å²) in [5.41, 5.74) is 0.237. The van der Waals surface area contributed by atoms with Gasteiger partial charge in [0, 0.05) is 24.2 Å². The zero-order valence-electron chi connectivity index (χ0n) is 13.7. The van der Waals surface area contributed by atoms with E-state index >= 15 is 0 Å². The zero-order chi connectivity index (χ0) is 15.5. The summed E-state index contributed by atoms with van der Waals surface area (Å²) in [6, 6.07) is 6.02. The van der Waals surface area contributed by atoms with E-state index in [0.717, 1.165) is 23.7 Å². The summed E-state index contributed by atoms with van der Waals surface area (Å²) in [5, 5.41) is 3.43. The van der Waals surface area contributed by atoms with E-state index in [-0.39, 0.29) is 11.5 Å². The van der Waals surface area contributed by atoms with Gasteiger partial charge in [0.1, 0.15) is 23.4 Å². The van der Waals surface area contributed by atoms with Gasteiger partial charge in [0.25, 0.3) is 0 Å². The van der Waals surface area contributed by atoms with Gasteiger partial charge in [-0.2, -0.15) is 0 Å². The molecule has 1 aromatic rings. The molecule has 1 aromatic carbocycles. The van der Waals surface area contributed by atoms with Crippen LogP contribution in [0.2, 0.25) is 0 Å². The van der Waals surface area contributed by atoms with Crippen molar-refractivity contribution in [3.63, 3.8) is 0 Å². The molecule has 1 saturated carbocycles. The number of rotatable bonds is 5. The van der Waals surface area contributed by atoms with Crippen molar-refractivity contribution in [3.05, 3.63) is 18.2 Å². The van der Waals surface area contributed by atoms with Crippen molar-refractivity contribution in [3.8, 4) is 17.2 Å². The van der Waals surface area contributed by atoms with Crippen LogP contribution in [-0.2, 0) is 0 Å². The maximum Gasteiger partial charge on any atom is 0.127 e. The van der Waals surface area contributed by atoms with E-state index < -0.39 is 0 Å². The van der Waals surface area contributed by atoms with Crippen LogP contribution in [0.25, 0.3) is 0 Å². The molecule has 0 aliphatic heterocycles. The molecule has 0 amide bonds. The molecule has 0 spiro atoms. The maximum atomic E-state index is 6.26. The minimum Gasteiger partial charge on any atom is -0.496 e. The van der Waals surface area contributed by atoms with Crippen LogP contribution >= 0.6 is 0 Å². The zero-order valence-corrected chi connectivity index (χ0v) is 13.7. The van der Waals surface area contributed by atoms with Crippen LogP contribution in [-0.4, -0.2) is 33.4 Å². The van der Waals surface area contributed by atoms with Gasteiger partial charge in [0.2, 0.25) is 0 Å². The average Bonchev–Trinajstić information content (AvgIpc) is 2.46. The normalized spacial score (nSPS) is 24.4. The molecule has 2 unspecified atom stereocenters. The number of methoxy groups -OCH3 is 2. The second-order valence-electron chi connectivity index (χ2n) is 6.35. The van der Waals surface area contributed by atoms with Crippen LogP contribution in [0.3, 0.4) is 0 Å². The fraction of sp³-hybridized carbons (Fsp3) is 0.647. The number of hydrogen-bond donors (Lipinski definition) is 1. The lowest BCUT2D eigenvalue weighted by molar-refractivity contribution is 0.0401. The molecule has 4 nitrogen and oxygen atoms in total. The first-order chi connectivity index (χ1) is 10.00. The Morgan fingerprint density at radius 1 is 1.05 bits per heavy atom. The largest absolute Gasteiger partial charge is 0.496 e. The van der Waals surface area contributed by atoms with Gasteiger partial charge in [-0.3, -0.25) is 0 Å². The fourth-order valence-corrected chi connectivity index (χ4v) is 3.31. The van der Waals surface area contributed by atoms with Crippen molar-refractivity contribution in [2.24, 2.45) is 5.41 Å². The fourth-order valence-electron chi connectivity index (χ4n) is 3.31. The summed E-state index contributed by atoms with van der Waals surface area (Å²) in [7, 11) is 5.32. The molecule has 118 valence electrons. The molecule has 0 bridgehead atoms. The van der Waals surface area contributed by atoms with Gasteiger partial charge in [-0.15, -0.1) is 0 Å². The predicted molar refractivity (Wildman–Crippen MR) is 84.4 cm³/mol. The Balaban J connectivity index is 2.20. The number of nitrogens with one attached hydrogen (secondary N) is 1. The standard InChI is InChI=1S/C17H27NO3/c1-17(2)8-6-7-15(16(17)18-3)21-14-10-12(19-4)9-13(11-14)20-5/h9-11,15-16,18H,6-8H2,1-5H3.